The largest absolute Gasteiger partial charge is 0.325 e. The van der Waals surface area contributed by atoms with Crippen molar-refractivity contribution in [1.29, 1.82) is 0 Å². The van der Waals surface area contributed by atoms with Crippen LogP contribution in [0.15, 0.2) is 22.7 Å². The van der Waals surface area contributed by atoms with Gasteiger partial charge in [-0.1, -0.05) is 28.9 Å². The highest BCUT2D eigenvalue weighted by Gasteiger charge is 2.37. The van der Waals surface area contributed by atoms with Crippen LogP contribution in [0.25, 0.3) is 0 Å². The summed E-state index contributed by atoms with van der Waals surface area (Å²) in [5.74, 6) is 0. The molecule has 0 amide bonds. The maximum absolute atomic E-state index is 6.11. The average molecular weight is 268 g/mol. The summed E-state index contributed by atoms with van der Waals surface area (Å²) in [7, 11) is 0. The molecule has 82 valence electrons. The molecule has 15 heavy (non-hydrogen) atoms. The Balaban J connectivity index is 2.08. The Morgan fingerprint density at radius 2 is 2.07 bits per heavy atom. The second kappa shape index (κ2) is 4.26. The molecule has 0 spiro atoms. The lowest BCUT2D eigenvalue weighted by molar-refractivity contribution is 0.607. The van der Waals surface area contributed by atoms with Gasteiger partial charge in [-0.25, -0.2) is 0 Å². The fourth-order valence-corrected chi connectivity index (χ4v) is 2.37. The van der Waals surface area contributed by atoms with Crippen molar-refractivity contribution in [2.24, 2.45) is 5.73 Å². The van der Waals surface area contributed by atoms with Crippen LogP contribution in [0.4, 0.5) is 0 Å². The third kappa shape index (κ3) is 2.82. The number of nitrogens with two attached hydrogens (primary N) is 1. The first-order valence-electron chi connectivity index (χ1n) is 5.69. The van der Waals surface area contributed by atoms with Crippen molar-refractivity contribution in [1.82, 2.24) is 0 Å². The lowest BCUT2D eigenvalue weighted by atomic mass is 9.98. The van der Waals surface area contributed by atoms with Crippen molar-refractivity contribution in [3.05, 3.63) is 33.8 Å². The van der Waals surface area contributed by atoms with Crippen molar-refractivity contribution in [3.8, 4) is 0 Å². The molecule has 1 saturated carbocycles. The maximum Gasteiger partial charge on any atom is 0.0178 e. The van der Waals surface area contributed by atoms with E-state index in [0.717, 1.165) is 19.3 Å². The van der Waals surface area contributed by atoms with E-state index < -0.39 is 0 Å². The third-order valence-corrected chi connectivity index (χ3v) is 3.83. The minimum atomic E-state index is 0.174. The van der Waals surface area contributed by atoms with E-state index in [-0.39, 0.29) is 5.54 Å². The van der Waals surface area contributed by atoms with Crippen molar-refractivity contribution in [2.45, 2.75) is 44.6 Å². The van der Waals surface area contributed by atoms with Gasteiger partial charge in [0, 0.05) is 10.0 Å². The average Bonchev–Trinajstić information content (AvgIpc) is 2.95. The molecule has 1 aromatic rings. The van der Waals surface area contributed by atoms with Crippen LogP contribution in [0, 0.1) is 0 Å². The van der Waals surface area contributed by atoms with Crippen molar-refractivity contribution >= 4 is 15.9 Å². The zero-order chi connectivity index (χ0) is 10.9. The van der Waals surface area contributed by atoms with Crippen LogP contribution >= 0.6 is 15.9 Å². The highest BCUT2D eigenvalue weighted by atomic mass is 79.9. The van der Waals surface area contributed by atoms with E-state index in [2.05, 4.69) is 41.1 Å². The Bertz CT molecular complexity index is 356. The van der Waals surface area contributed by atoms with E-state index in [1.807, 2.05) is 0 Å². The minimum Gasteiger partial charge on any atom is -0.325 e. The molecule has 0 saturated heterocycles. The molecular weight excluding hydrogens is 250 g/mol. The molecule has 2 heteroatoms. The predicted octanol–water partition coefficient (Wildman–Crippen LogP) is 3.44. The summed E-state index contributed by atoms with van der Waals surface area (Å²) in [5, 5.41) is 0. The van der Waals surface area contributed by atoms with Crippen molar-refractivity contribution in [2.75, 3.05) is 0 Å². The summed E-state index contributed by atoms with van der Waals surface area (Å²) in [6, 6.07) is 6.58. The Hall–Kier alpha value is -0.340. The number of benzene rings is 1. The SMILES string of the molecule is CCc1ccc(Br)cc1CCC1(N)CC1. The normalized spacial score (nSPS) is 17.8. The lowest BCUT2D eigenvalue weighted by Crippen LogP contribution is -2.22. The van der Waals surface area contributed by atoms with E-state index >= 15 is 0 Å². The van der Waals surface area contributed by atoms with Gasteiger partial charge in [0.25, 0.3) is 0 Å². The zero-order valence-electron chi connectivity index (χ0n) is 9.22. The van der Waals surface area contributed by atoms with E-state index in [1.165, 1.54) is 28.4 Å². The van der Waals surface area contributed by atoms with E-state index in [4.69, 9.17) is 5.73 Å². The zero-order valence-corrected chi connectivity index (χ0v) is 10.8. The molecule has 0 aliphatic heterocycles. The maximum atomic E-state index is 6.11. The molecule has 1 aliphatic carbocycles. The standard InChI is InChI=1S/C13H18BrN/c1-2-10-3-4-12(14)9-11(10)5-6-13(15)7-8-13/h3-4,9H,2,5-8,15H2,1H3. The number of hydrogen-bond acceptors (Lipinski definition) is 1. The Morgan fingerprint density at radius 3 is 2.67 bits per heavy atom. The first-order valence-corrected chi connectivity index (χ1v) is 6.48. The Labute approximate surface area is 100 Å². The number of rotatable bonds is 4. The molecule has 0 atom stereocenters. The molecule has 1 aliphatic rings. The van der Waals surface area contributed by atoms with Crippen LogP contribution in [0.2, 0.25) is 0 Å². The topological polar surface area (TPSA) is 26.0 Å². The number of aryl methyl sites for hydroxylation is 2. The first kappa shape index (κ1) is 11.2. The van der Waals surface area contributed by atoms with E-state index in [9.17, 15) is 0 Å². The molecule has 0 radical (unpaired) electrons. The summed E-state index contributed by atoms with van der Waals surface area (Å²) < 4.78 is 1.18. The molecular formula is C13H18BrN. The summed E-state index contributed by atoms with van der Waals surface area (Å²) in [6.07, 6.45) is 5.79. The summed E-state index contributed by atoms with van der Waals surface area (Å²) in [4.78, 5) is 0. The molecule has 0 bridgehead atoms. The van der Waals surface area contributed by atoms with Crippen LogP contribution in [-0.4, -0.2) is 5.54 Å². The predicted molar refractivity (Wildman–Crippen MR) is 68.0 cm³/mol. The fourth-order valence-electron chi connectivity index (χ4n) is 1.97. The molecule has 1 nitrogen and oxygen atoms in total. The van der Waals surface area contributed by atoms with Gasteiger partial charge in [-0.3, -0.25) is 0 Å². The van der Waals surface area contributed by atoms with Crippen molar-refractivity contribution < 1.29 is 0 Å². The van der Waals surface area contributed by atoms with Gasteiger partial charge < -0.3 is 5.73 Å². The van der Waals surface area contributed by atoms with Gasteiger partial charge in [0.1, 0.15) is 0 Å². The van der Waals surface area contributed by atoms with Gasteiger partial charge >= 0.3 is 0 Å². The van der Waals surface area contributed by atoms with Crippen LogP contribution < -0.4 is 5.73 Å². The summed E-state index contributed by atoms with van der Waals surface area (Å²) in [6.45, 7) is 2.21. The van der Waals surface area contributed by atoms with E-state index in [1.54, 1.807) is 0 Å². The van der Waals surface area contributed by atoms with Gasteiger partial charge in [-0.2, -0.15) is 0 Å². The highest BCUT2D eigenvalue weighted by Crippen LogP contribution is 2.37. The second-order valence-corrected chi connectivity index (χ2v) is 5.54. The Kier molecular flexibility index (Phi) is 3.17. The van der Waals surface area contributed by atoms with Gasteiger partial charge in [0.15, 0.2) is 0 Å². The minimum absolute atomic E-state index is 0.174. The number of halogens is 1. The smallest absolute Gasteiger partial charge is 0.0178 e. The molecule has 2 rings (SSSR count). The van der Waals surface area contributed by atoms with Crippen LogP contribution in [0.3, 0.4) is 0 Å². The molecule has 0 unspecified atom stereocenters. The highest BCUT2D eigenvalue weighted by molar-refractivity contribution is 9.10. The van der Waals surface area contributed by atoms with Crippen molar-refractivity contribution in [3.63, 3.8) is 0 Å². The van der Waals surface area contributed by atoms with E-state index in [0.29, 0.717) is 0 Å². The first-order chi connectivity index (χ1) is 7.13. The second-order valence-electron chi connectivity index (χ2n) is 4.63. The monoisotopic (exact) mass is 267 g/mol. The van der Waals surface area contributed by atoms with Crippen LogP contribution in [0.5, 0.6) is 0 Å². The quantitative estimate of drug-likeness (QED) is 0.889. The summed E-state index contributed by atoms with van der Waals surface area (Å²) in [5.41, 5.74) is 9.21. The molecule has 1 fully saturated rings. The molecule has 2 N–H and O–H groups in total. The van der Waals surface area contributed by atoms with Gasteiger partial charge in [0.05, 0.1) is 0 Å². The number of hydrogen-bond donors (Lipinski definition) is 1. The third-order valence-electron chi connectivity index (χ3n) is 3.33. The van der Waals surface area contributed by atoms with Gasteiger partial charge in [0.2, 0.25) is 0 Å². The van der Waals surface area contributed by atoms with Crippen LogP contribution in [-0.2, 0) is 12.8 Å². The summed E-state index contributed by atoms with van der Waals surface area (Å²) >= 11 is 3.53. The molecule has 0 aromatic heterocycles. The Morgan fingerprint density at radius 1 is 1.33 bits per heavy atom. The van der Waals surface area contributed by atoms with Crippen LogP contribution in [0.1, 0.15) is 37.3 Å². The molecule has 1 aromatic carbocycles. The van der Waals surface area contributed by atoms with Gasteiger partial charge in [-0.05, 0) is 55.4 Å². The fraction of sp³-hybridized carbons (Fsp3) is 0.538. The van der Waals surface area contributed by atoms with Gasteiger partial charge in [-0.15, -0.1) is 0 Å². The lowest BCUT2D eigenvalue weighted by Gasteiger charge is -2.11. The molecule has 0 heterocycles.